The average molecular weight is 212 g/mol. The molecule has 0 fully saturated rings. The Morgan fingerprint density at radius 3 is 2.57 bits per heavy atom. The van der Waals surface area contributed by atoms with E-state index >= 15 is 0 Å². The highest BCUT2D eigenvalue weighted by Crippen LogP contribution is 2.23. The molecular formula is C11H14ClNO. The summed E-state index contributed by atoms with van der Waals surface area (Å²) in [5, 5.41) is 3.83. The quantitative estimate of drug-likeness (QED) is 0.777. The fourth-order valence-electron chi connectivity index (χ4n) is 1.17. The molecule has 0 atom stereocenters. The number of rotatable bonds is 3. The van der Waals surface area contributed by atoms with Gasteiger partial charge in [0.15, 0.2) is 5.78 Å². The second-order valence-corrected chi connectivity index (χ2v) is 3.96. The molecule has 0 saturated heterocycles. The normalized spacial score (nSPS) is 10.4. The van der Waals surface area contributed by atoms with E-state index in [1.165, 1.54) is 0 Å². The minimum atomic E-state index is 0.0495. The maximum absolute atomic E-state index is 11.1. The zero-order valence-corrected chi connectivity index (χ0v) is 9.35. The molecule has 0 unspecified atom stereocenters. The molecule has 1 N–H and O–H groups in total. The van der Waals surface area contributed by atoms with Crippen LogP contribution in [0.2, 0.25) is 5.02 Å². The van der Waals surface area contributed by atoms with Crippen molar-refractivity contribution in [3.63, 3.8) is 0 Å². The van der Waals surface area contributed by atoms with Crippen molar-refractivity contribution in [2.45, 2.75) is 26.8 Å². The molecule has 0 bridgehead atoms. The molecule has 0 saturated carbocycles. The Labute approximate surface area is 89.3 Å². The lowest BCUT2D eigenvalue weighted by atomic mass is 10.1. The Balaban J connectivity index is 3.02. The van der Waals surface area contributed by atoms with Crippen LogP contribution in [0, 0.1) is 0 Å². The van der Waals surface area contributed by atoms with Gasteiger partial charge in [0, 0.05) is 11.6 Å². The van der Waals surface area contributed by atoms with Gasteiger partial charge in [0.05, 0.1) is 10.7 Å². The molecule has 0 aromatic heterocycles. The molecule has 1 aromatic carbocycles. The highest BCUT2D eigenvalue weighted by Gasteiger charge is 2.05. The van der Waals surface area contributed by atoms with Crippen LogP contribution in [0.25, 0.3) is 0 Å². The SMILES string of the molecule is CC(=O)c1ccc(Cl)c(NC(C)C)c1. The van der Waals surface area contributed by atoms with Crippen LogP contribution in [0.5, 0.6) is 0 Å². The van der Waals surface area contributed by atoms with E-state index in [0.29, 0.717) is 16.6 Å². The molecule has 76 valence electrons. The number of ketones is 1. The summed E-state index contributed by atoms with van der Waals surface area (Å²) >= 11 is 5.97. The van der Waals surface area contributed by atoms with E-state index in [1.807, 2.05) is 13.8 Å². The number of anilines is 1. The molecule has 0 amide bonds. The van der Waals surface area contributed by atoms with Crippen LogP contribution in [0.1, 0.15) is 31.1 Å². The smallest absolute Gasteiger partial charge is 0.159 e. The van der Waals surface area contributed by atoms with Crippen molar-refractivity contribution in [1.82, 2.24) is 0 Å². The van der Waals surface area contributed by atoms with Gasteiger partial charge in [-0.05, 0) is 39.0 Å². The molecule has 1 rings (SSSR count). The molecular weight excluding hydrogens is 198 g/mol. The van der Waals surface area contributed by atoms with Crippen LogP contribution >= 0.6 is 11.6 Å². The zero-order valence-electron chi connectivity index (χ0n) is 8.60. The monoisotopic (exact) mass is 211 g/mol. The average Bonchev–Trinajstić information content (AvgIpc) is 2.07. The van der Waals surface area contributed by atoms with E-state index < -0.39 is 0 Å². The third kappa shape index (κ3) is 2.74. The summed E-state index contributed by atoms with van der Waals surface area (Å²) in [5.41, 5.74) is 1.49. The van der Waals surface area contributed by atoms with Crippen LogP contribution < -0.4 is 5.32 Å². The second kappa shape index (κ2) is 4.47. The van der Waals surface area contributed by atoms with Gasteiger partial charge in [0.25, 0.3) is 0 Å². The first-order valence-corrected chi connectivity index (χ1v) is 4.95. The van der Waals surface area contributed by atoms with Crippen LogP contribution in [-0.2, 0) is 0 Å². The Kier molecular flexibility index (Phi) is 3.53. The third-order valence-corrected chi connectivity index (χ3v) is 2.15. The van der Waals surface area contributed by atoms with Crippen LogP contribution in [-0.4, -0.2) is 11.8 Å². The molecule has 14 heavy (non-hydrogen) atoms. The van der Waals surface area contributed by atoms with Gasteiger partial charge in [0.1, 0.15) is 0 Å². The largest absolute Gasteiger partial charge is 0.382 e. The topological polar surface area (TPSA) is 29.1 Å². The molecule has 0 aliphatic rings. The van der Waals surface area contributed by atoms with E-state index in [-0.39, 0.29) is 5.78 Å². The molecule has 0 aliphatic carbocycles. The van der Waals surface area contributed by atoms with Crippen molar-refractivity contribution in [2.24, 2.45) is 0 Å². The number of carbonyl (C=O) groups excluding carboxylic acids is 1. The minimum absolute atomic E-state index is 0.0495. The van der Waals surface area contributed by atoms with Gasteiger partial charge < -0.3 is 5.32 Å². The molecule has 0 radical (unpaired) electrons. The van der Waals surface area contributed by atoms with E-state index in [2.05, 4.69) is 5.32 Å². The van der Waals surface area contributed by atoms with E-state index in [4.69, 9.17) is 11.6 Å². The predicted molar refractivity (Wildman–Crippen MR) is 60.2 cm³/mol. The van der Waals surface area contributed by atoms with Gasteiger partial charge >= 0.3 is 0 Å². The van der Waals surface area contributed by atoms with Gasteiger partial charge in [-0.15, -0.1) is 0 Å². The van der Waals surface area contributed by atoms with Gasteiger partial charge in [-0.25, -0.2) is 0 Å². The third-order valence-electron chi connectivity index (χ3n) is 1.82. The standard InChI is InChI=1S/C11H14ClNO/c1-7(2)13-11-6-9(8(3)14)4-5-10(11)12/h4-7,13H,1-3H3. The Morgan fingerprint density at radius 2 is 2.07 bits per heavy atom. The van der Waals surface area contributed by atoms with E-state index in [1.54, 1.807) is 25.1 Å². The lowest BCUT2D eigenvalue weighted by molar-refractivity contribution is 0.101. The highest BCUT2D eigenvalue weighted by molar-refractivity contribution is 6.33. The number of hydrogen-bond acceptors (Lipinski definition) is 2. The van der Waals surface area contributed by atoms with E-state index in [0.717, 1.165) is 5.69 Å². The summed E-state index contributed by atoms with van der Waals surface area (Å²) in [6.07, 6.45) is 0. The molecule has 2 nitrogen and oxygen atoms in total. The van der Waals surface area contributed by atoms with Gasteiger partial charge in [-0.3, -0.25) is 4.79 Å². The number of carbonyl (C=O) groups is 1. The second-order valence-electron chi connectivity index (χ2n) is 3.55. The Morgan fingerprint density at radius 1 is 1.43 bits per heavy atom. The number of hydrogen-bond donors (Lipinski definition) is 1. The fraction of sp³-hybridized carbons (Fsp3) is 0.364. The lowest BCUT2D eigenvalue weighted by Crippen LogP contribution is -2.10. The first kappa shape index (κ1) is 11.1. The maximum Gasteiger partial charge on any atom is 0.159 e. The summed E-state index contributed by atoms with van der Waals surface area (Å²) in [6, 6.07) is 5.55. The molecule has 3 heteroatoms. The summed E-state index contributed by atoms with van der Waals surface area (Å²) < 4.78 is 0. The van der Waals surface area contributed by atoms with Crippen LogP contribution in [0.15, 0.2) is 18.2 Å². The molecule has 0 spiro atoms. The van der Waals surface area contributed by atoms with Crippen LogP contribution in [0.3, 0.4) is 0 Å². The van der Waals surface area contributed by atoms with Gasteiger partial charge in [-0.1, -0.05) is 11.6 Å². The first-order valence-electron chi connectivity index (χ1n) is 4.57. The van der Waals surface area contributed by atoms with E-state index in [9.17, 15) is 4.79 Å². The van der Waals surface area contributed by atoms with Gasteiger partial charge in [-0.2, -0.15) is 0 Å². The number of Topliss-reactive ketones (excluding diaryl/α,β-unsaturated/α-hetero) is 1. The summed E-state index contributed by atoms with van der Waals surface area (Å²) in [5.74, 6) is 0.0495. The fourth-order valence-corrected chi connectivity index (χ4v) is 1.34. The van der Waals surface area contributed by atoms with Crippen molar-refractivity contribution in [1.29, 1.82) is 0 Å². The number of benzene rings is 1. The molecule has 0 heterocycles. The number of nitrogens with one attached hydrogen (secondary N) is 1. The molecule has 0 aliphatic heterocycles. The Bertz CT molecular complexity index is 347. The maximum atomic E-state index is 11.1. The van der Waals surface area contributed by atoms with Crippen molar-refractivity contribution in [3.05, 3.63) is 28.8 Å². The first-order chi connectivity index (χ1) is 6.50. The molecule has 1 aromatic rings. The highest BCUT2D eigenvalue weighted by atomic mass is 35.5. The Hall–Kier alpha value is -1.02. The van der Waals surface area contributed by atoms with Crippen molar-refractivity contribution >= 4 is 23.1 Å². The van der Waals surface area contributed by atoms with Crippen molar-refractivity contribution in [3.8, 4) is 0 Å². The zero-order chi connectivity index (χ0) is 10.7. The summed E-state index contributed by atoms with van der Waals surface area (Å²) in [4.78, 5) is 11.1. The van der Waals surface area contributed by atoms with Crippen molar-refractivity contribution < 1.29 is 4.79 Å². The van der Waals surface area contributed by atoms with Crippen molar-refractivity contribution in [2.75, 3.05) is 5.32 Å². The minimum Gasteiger partial charge on any atom is -0.382 e. The predicted octanol–water partition coefficient (Wildman–Crippen LogP) is 3.36. The summed E-state index contributed by atoms with van der Waals surface area (Å²) in [7, 11) is 0. The number of halogens is 1. The summed E-state index contributed by atoms with van der Waals surface area (Å²) in [6.45, 7) is 5.59. The van der Waals surface area contributed by atoms with Gasteiger partial charge in [0.2, 0.25) is 0 Å². The van der Waals surface area contributed by atoms with Crippen LogP contribution in [0.4, 0.5) is 5.69 Å². The lowest BCUT2D eigenvalue weighted by Gasteiger charge is -2.12.